The van der Waals surface area contributed by atoms with Crippen molar-refractivity contribution < 1.29 is 14.3 Å². The molecular formula is C18H21N5O3. The van der Waals surface area contributed by atoms with Gasteiger partial charge in [-0.1, -0.05) is 12.1 Å². The molecule has 3 heterocycles. The van der Waals surface area contributed by atoms with Crippen LogP contribution >= 0.6 is 0 Å². The molecule has 0 spiro atoms. The number of carbonyl (C=O) groups is 1. The van der Waals surface area contributed by atoms with E-state index in [0.717, 1.165) is 24.0 Å². The van der Waals surface area contributed by atoms with Gasteiger partial charge in [-0.25, -0.2) is 9.97 Å². The average Bonchev–Trinajstić information content (AvgIpc) is 3.36. The lowest BCUT2D eigenvalue weighted by molar-refractivity contribution is 0.0947. The van der Waals surface area contributed by atoms with Gasteiger partial charge in [-0.05, 0) is 18.6 Å². The molecule has 0 bridgehead atoms. The maximum atomic E-state index is 12.2. The van der Waals surface area contributed by atoms with Crippen molar-refractivity contribution in [2.75, 3.05) is 19.6 Å². The van der Waals surface area contributed by atoms with Gasteiger partial charge >= 0.3 is 0 Å². The Morgan fingerprint density at radius 2 is 2.27 bits per heavy atom. The number of hydrogen-bond acceptors (Lipinski definition) is 6. The molecular weight excluding hydrogens is 334 g/mol. The summed E-state index contributed by atoms with van der Waals surface area (Å²) in [6, 6.07) is 7.88. The third kappa shape index (κ3) is 3.61. The van der Waals surface area contributed by atoms with Gasteiger partial charge in [-0.2, -0.15) is 0 Å². The minimum absolute atomic E-state index is 0.258. The van der Waals surface area contributed by atoms with E-state index in [0.29, 0.717) is 32.1 Å². The SMILES string of the molecule is O=C(NCCn1cnc2ccccc21)c1coc(CN2CC[C@H](O)C2)n1. The van der Waals surface area contributed by atoms with Crippen molar-refractivity contribution in [1.29, 1.82) is 0 Å². The normalized spacial score (nSPS) is 17.8. The monoisotopic (exact) mass is 355 g/mol. The van der Waals surface area contributed by atoms with Gasteiger partial charge in [0.15, 0.2) is 5.69 Å². The van der Waals surface area contributed by atoms with Gasteiger partial charge in [0.05, 0.1) is 30.0 Å². The Kier molecular flexibility index (Phi) is 4.68. The summed E-state index contributed by atoms with van der Waals surface area (Å²) in [5.41, 5.74) is 2.25. The second kappa shape index (κ2) is 7.27. The molecule has 1 aliphatic rings. The Balaban J connectivity index is 1.29. The Bertz CT molecular complexity index is 903. The summed E-state index contributed by atoms with van der Waals surface area (Å²) in [6.07, 6.45) is 3.63. The smallest absolute Gasteiger partial charge is 0.273 e. The fourth-order valence-corrected chi connectivity index (χ4v) is 3.20. The first-order valence-corrected chi connectivity index (χ1v) is 8.72. The largest absolute Gasteiger partial charge is 0.447 e. The number of aromatic nitrogens is 3. The number of β-amino-alcohol motifs (C(OH)–C–C–N with tert-alkyl or cyclic N) is 1. The predicted octanol–water partition coefficient (Wildman–Crippen LogP) is 1.02. The van der Waals surface area contributed by atoms with Gasteiger partial charge in [0.25, 0.3) is 5.91 Å². The number of nitrogens with one attached hydrogen (secondary N) is 1. The molecule has 1 aliphatic heterocycles. The fourth-order valence-electron chi connectivity index (χ4n) is 3.20. The van der Waals surface area contributed by atoms with Gasteiger partial charge in [0, 0.05) is 26.2 Å². The lowest BCUT2D eigenvalue weighted by atomic mass is 10.3. The molecule has 2 N–H and O–H groups in total. The van der Waals surface area contributed by atoms with Gasteiger partial charge < -0.3 is 19.4 Å². The Labute approximate surface area is 150 Å². The average molecular weight is 355 g/mol. The first-order chi connectivity index (χ1) is 12.7. The third-order valence-electron chi connectivity index (χ3n) is 4.56. The molecule has 4 rings (SSSR count). The summed E-state index contributed by atoms with van der Waals surface area (Å²) in [6.45, 7) is 3.03. The minimum Gasteiger partial charge on any atom is -0.447 e. The second-order valence-electron chi connectivity index (χ2n) is 6.49. The molecule has 26 heavy (non-hydrogen) atoms. The zero-order valence-electron chi connectivity index (χ0n) is 14.3. The van der Waals surface area contributed by atoms with E-state index in [1.54, 1.807) is 6.33 Å². The number of fused-ring (bicyclic) bond motifs is 1. The van der Waals surface area contributed by atoms with Crippen LogP contribution in [-0.2, 0) is 13.1 Å². The van der Waals surface area contributed by atoms with E-state index >= 15 is 0 Å². The molecule has 1 amide bonds. The van der Waals surface area contributed by atoms with Crippen molar-refractivity contribution in [2.24, 2.45) is 0 Å². The molecule has 1 atom stereocenters. The maximum Gasteiger partial charge on any atom is 0.273 e. The molecule has 1 fully saturated rings. The molecule has 0 saturated carbocycles. The number of imidazole rings is 1. The summed E-state index contributed by atoms with van der Waals surface area (Å²) in [5.74, 6) is 0.232. The molecule has 0 radical (unpaired) electrons. The summed E-state index contributed by atoms with van der Waals surface area (Å²) in [7, 11) is 0. The standard InChI is InChI=1S/C18H21N5O3/c24-13-5-7-22(9-13)10-17-21-15(11-26-17)18(25)19-6-8-23-12-20-14-3-1-2-4-16(14)23/h1-4,11-13,24H,5-10H2,(H,19,25)/t13-/m0/s1. The highest BCUT2D eigenvalue weighted by Gasteiger charge is 2.22. The number of para-hydroxylation sites is 2. The van der Waals surface area contributed by atoms with Crippen LogP contribution in [0.1, 0.15) is 22.8 Å². The quantitative estimate of drug-likeness (QED) is 0.685. The van der Waals surface area contributed by atoms with Crippen molar-refractivity contribution in [3.8, 4) is 0 Å². The van der Waals surface area contributed by atoms with Crippen molar-refractivity contribution >= 4 is 16.9 Å². The summed E-state index contributed by atoms with van der Waals surface area (Å²) in [5, 5.41) is 12.4. The molecule has 2 aromatic heterocycles. The maximum absolute atomic E-state index is 12.2. The van der Waals surface area contributed by atoms with Crippen LogP contribution in [0.5, 0.6) is 0 Å². The molecule has 1 saturated heterocycles. The number of oxazole rings is 1. The van der Waals surface area contributed by atoms with Crippen LogP contribution in [-0.4, -0.2) is 56.2 Å². The number of hydrogen-bond donors (Lipinski definition) is 2. The van der Waals surface area contributed by atoms with E-state index in [-0.39, 0.29) is 17.7 Å². The summed E-state index contributed by atoms with van der Waals surface area (Å²) < 4.78 is 7.38. The molecule has 136 valence electrons. The zero-order valence-corrected chi connectivity index (χ0v) is 14.3. The Hall–Kier alpha value is -2.71. The van der Waals surface area contributed by atoms with Crippen LogP contribution in [0.15, 0.2) is 41.3 Å². The minimum atomic E-state index is -0.285. The number of rotatable bonds is 6. The van der Waals surface area contributed by atoms with Crippen LogP contribution in [0.3, 0.4) is 0 Å². The van der Waals surface area contributed by atoms with E-state index < -0.39 is 0 Å². The van der Waals surface area contributed by atoms with E-state index in [2.05, 4.69) is 20.2 Å². The van der Waals surface area contributed by atoms with E-state index in [4.69, 9.17) is 4.42 Å². The van der Waals surface area contributed by atoms with Crippen LogP contribution < -0.4 is 5.32 Å². The first kappa shape index (κ1) is 16.7. The van der Waals surface area contributed by atoms with E-state index in [1.165, 1.54) is 6.26 Å². The van der Waals surface area contributed by atoms with Crippen molar-refractivity contribution in [3.05, 3.63) is 48.4 Å². The lowest BCUT2D eigenvalue weighted by Crippen LogP contribution is -2.27. The Morgan fingerprint density at radius 1 is 1.38 bits per heavy atom. The van der Waals surface area contributed by atoms with E-state index in [9.17, 15) is 9.90 Å². The van der Waals surface area contributed by atoms with Crippen molar-refractivity contribution in [3.63, 3.8) is 0 Å². The van der Waals surface area contributed by atoms with Gasteiger partial charge in [-0.3, -0.25) is 9.69 Å². The molecule has 8 nitrogen and oxygen atoms in total. The fraction of sp³-hybridized carbons (Fsp3) is 0.389. The van der Waals surface area contributed by atoms with Gasteiger partial charge in [0.2, 0.25) is 5.89 Å². The van der Waals surface area contributed by atoms with Crippen molar-refractivity contribution in [2.45, 2.75) is 25.6 Å². The highest BCUT2D eigenvalue weighted by Crippen LogP contribution is 2.13. The number of carbonyl (C=O) groups excluding carboxylic acids is 1. The highest BCUT2D eigenvalue weighted by molar-refractivity contribution is 5.91. The highest BCUT2D eigenvalue weighted by atomic mass is 16.3. The Morgan fingerprint density at radius 3 is 3.12 bits per heavy atom. The molecule has 0 aliphatic carbocycles. The number of benzene rings is 1. The van der Waals surface area contributed by atoms with Crippen molar-refractivity contribution in [1.82, 2.24) is 24.8 Å². The van der Waals surface area contributed by atoms with Crippen LogP contribution in [0.4, 0.5) is 0 Å². The number of amides is 1. The lowest BCUT2D eigenvalue weighted by Gasteiger charge is -2.11. The van der Waals surface area contributed by atoms with Crippen LogP contribution in [0.25, 0.3) is 11.0 Å². The number of nitrogens with zero attached hydrogens (tertiary/aromatic N) is 4. The number of aliphatic hydroxyl groups excluding tert-OH is 1. The van der Waals surface area contributed by atoms with Crippen LogP contribution in [0, 0.1) is 0 Å². The van der Waals surface area contributed by atoms with Gasteiger partial charge in [0.1, 0.15) is 6.26 Å². The molecule has 0 unspecified atom stereocenters. The predicted molar refractivity (Wildman–Crippen MR) is 94.5 cm³/mol. The zero-order chi connectivity index (χ0) is 17.9. The topological polar surface area (TPSA) is 96.4 Å². The summed E-state index contributed by atoms with van der Waals surface area (Å²) in [4.78, 5) is 22.9. The molecule has 3 aromatic rings. The molecule has 1 aromatic carbocycles. The first-order valence-electron chi connectivity index (χ1n) is 8.72. The summed E-state index contributed by atoms with van der Waals surface area (Å²) >= 11 is 0. The third-order valence-corrected chi connectivity index (χ3v) is 4.56. The van der Waals surface area contributed by atoms with Crippen LogP contribution in [0.2, 0.25) is 0 Å². The van der Waals surface area contributed by atoms with Gasteiger partial charge in [-0.15, -0.1) is 0 Å². The second-order valence-corrected chi connectivity index (χ2v) is 6.49. The molecule has 8 heteroatoms. The van der Waals surface area contributed by atoms with E-state index in [1.807, 2.05) is 28.8 Å². The number of aliphatic hydroxyl groups is 1. The number of likely N-dealkylation sites (tertiary alicyclic amines) is 1.